The first kappa shape index (κ1) is 16.7. The molecule has 4 heteroatoms. The highest BCUT2D eigenvalue weighted by Crippen LogP contribution is 2.40. The third kappa shape index (κ3) is 3.45. The summed E-state index contributed by atoms with van der Waals surface area (Å²) < 4.78 is 13.8. The lowest BCUT2D eigenvalue weighted by molar-refractivity contribution is 0.0941. The molecule has 26 heavy (non-hydrogen) atoms. The Balaban J connectivity index is 1.58. The molecule has 1 amide bonds. The molecule has 1 heterocycles. The van der Waals surface area contributed by atoms with Crippen LogP contribution in [0.5, 0.6) is 0 Å². The number of nitrogens with zero attached hydrogens (tertiary/aromatic N) is 1. The highest BCUT2D eigenvalue weighted by molar-refractivity contribution is 6.06. The zero-order valence-corrected chi connectivity index (χ0v) is 14.7. The molecular formula is C22H21FN2O. The van der Waals surface area contributed by atoms with Gasteiger partial charge in [-0.05, 0) is 49.9 Å². The second-order valence-corrected chi connectivity index (χ2v) is 7.06. The van der Waals surface area contributed by atoms with Crippen molar-refractivity contribution in [1.82, 2.24) is 10.3 Å². The van der Waals surface area contributed by atoms with Crippen molar-refractivity contribution in [3.63, 3.8) is 0 Å². The van der Waals surface area contributed by atoms with E-state index in [1.165, 1.54) is 6.07 Å². The number of rotatable bonds is 5. The Kier molecular flexibility index (Phi) is 4.41. The van der Waals surface area contributed by atoms with Crippen molar-refractivity contribution in [3.8, 4) is 0 Å². The Bertz CT molecular complexity index is 965. The van der Waals surface area contributed by atoms with E-state index in [-0.39, 0.29) is 17.8 Å². The molecule has 1 saturated carbocycles. The molecule has 1 aliphatic rings. The van der Waals surface area contributed by atoms with Crippen LogP contribution in [-0.4, -0.2) is 16.9 Å². The van der Waals surface area contributed by atoms with E-state index in [1.807, 2.05) is 43.3 Å². The van der Waals surface area contributed by atoms with Gasteiger partial charge >= 0.3 is 0 Å². The molecule has 3 aromatic rings. The van der Waals surface area contributed by atoms with Gasteiger partial charge in [0.25, 0.3) is 5.91 Å². The van der Waals surface area contributed by atoms with Gasteiger partial charge in [-0.15, -0.1) is 0 Å². The third-order valence-electron chi connectivity index (χ3n) is 4.84. The minimum absolute atomic E-state index is 0.130. The normalized spacial score (nSPS) is 15.0. The Morgan fingerprint density at radius 2 is 1.92 bits per heavy atom. The van der Waals surface area contributed by atoms with Crippen molar-refractivity contribution < 1.29 is 9.18 Å². The number of hydrogen-bond acceptors (Lipinski definition) is 2. The second-order valence-electron chi connectivity index (χ2n) is 7.06. The minimum atomic E-state index is -0.237. The number of aromatic nitrogens is 1. The number of amides is 1. The first-order valence-electron chi connectivity index (χ1n) is 9.06. The molecule has 0 spiro atoms. The third-order valence-corrected chi connectivity index (χ3v) is 4.84. The van der Waals surface area contributed by atoms with Gasteiger partial charge in [-0.25, -0.2) is 4.39 Å². The summed E-state index contributed by atoms with van der Waals surface area (Å²) in [6.45, 7) is 1.90. The summed E-state index contributed by atoms with van der Waals surface area (Å²) in [7, 11) is 0. The van der Waals surface area contributed by atoms with E-state index in [9.17, 15) is 9.18 Å². The lowest BCUT2D eigenvalue weighted by Gasteiger charge is -2.16. The van der Waals surface area contributed by atoms with Crippen LogP contribution in [0.4, 0.5) is 4.39 Å². The van der Waals surface area contributed by atoms with Crippen molar-refractivity contribution >= 4 is 16.8 Å². The number of nitrogens with one attached hydrogen (secondary N) is 1. The smallest absolute Gasteiger partial charge is 0.252 e. The lowest BCUT2D eigenvalue weighted by Crippen LogP contribution is -2.34. The Morgan fingerprint density at radius 1 is 1.19 bits per heavy atom. The van der Waals surface area contributed by atoms with Crippen LogP contribution in [0, 0.1) is 5.82 Å². The summed E-state index contributed by atoms with van der Waals surface area (Å²) in [6.07, 6.45) is 2.73. The van der Waals surface area contributed by atoms with E-state index in [1.54, 1.807) is 12.1 Å². The largest absolute Gasteiger partial charge is 0.349 e. The molecule has 0 bridgehead atoms. The number of benzene rings is 2. The molecule has 1 aliphatic carbocycles. The number of hydrogen-bond donors (Lipinski definition) is 1. The molecule has 1 N–H and O–H groups in total. The van der Waals surface area contributed by atoms with Crippen LogP contribution in [0.25, 0.3) is 10.9 Å². The maximum absolute atomic E-state index is 13.8. The van der Waals surface area contributed by atoms with E-state index in [0.717, 1.165) is 29.4 Å². The quantitative estimate of drug-likeness (QED) is 0.731. The number of carbonyl (C=O) groups is 1. The van der Waals surface area contributed by atoms with Crippen molar-refractivity contribution in [2.45, 2.75) is 38.1 Å². The summed E-state index contributed by atoms with van der Waals surface area (Å²) in [5.41, 5.74) is 3.11. The van der Waals surface area contributed by atoms with Gasteiger partial charge < -0.3 is 5.32 Å². The van der Waals surface area contributed by atoms with Crippen LogP contribution in [-0.2, 0) is 6.42 Å². The lowest BCUT2D eigenvalue weighted by atomic mass is 10.0. The number of halogens is 1. The zero-order chi connectivity index (χ0) is 18.1. The average molecular weight is 348 g/mol. The number of para-hydroxylation sites is 1. The number of fused-ring (bicyclic) bond motifs is 1. The van der Waals surface area contributed by atoms with Crippen LogP contribution in [0.2, 0.25) is 0 Å². The number of carbonyl (C=O) groups excluding carboxylic acids is 1. The van der Waals surface area contributed by atoms with E-state index < -0.39 is 0 Å². The van der Waals surface area contributed by atoms with Crippen molar-refractivity contribution in [2.75, 3.05) is 0 Å². The molecule has 0 saturated heterocycles. The zero-order valence-electron chi connectivity index (χ0n) is 14.7. The summed E-state index contributed by atoms with van der Waals surface area (Å²) in [4.78, 5) is 17.6. The van der Waals surface area contributed by atoms with E-state index in [2.05, 4.69) is 5.32 Å². The van der Waals surface area contributed by atoms with Gasteiger partial charge in [0.1, 0.15) is 5.82 Å². The number of pyridine rings is 1. The highest BCUT2D eigenvalue weighted by Gasteiger charge is 2.27. The molecule has 3 nitrogen and oxygen atoms in total. The van der Waals surface area contributed by atoms with Crippen LogP contribution < -0.4 is 5.32 Å². The fourth-order valence-corrected chi connectivity index (χ4v) is 3.32. The molecule has 0 aliphatic heterocycles. The van der Waals surface area contributed by atoms with Crippen molar-refractivity contribution in [1.29, 1.82) is 0 Å². The first-order valence-corrected chi connectivity index (χ1v) is 9.06. The predicted molar refractivity (Wildman–Crippen MR) is 101 cm³/mol. The molecular weight excluding hydrogens is 327 g/mol. The van der Waals surface area contributed by atoms with Gasteiger partial charge in [0, 0.05) is 23.0 Å². The monoisotopic (exact) mass is 348 g/mol. The molecule has 0 unspecified atom stereocenters. The molecule has 0 radical (unpaired) electrons. The van der Waals surface area contributed by atoms with E-state index in [4.69, 9.17) is 4.98 Å². The molecule has 132 valence electrons. The Labute approximate surface area is 152 Å². The van der Waals surface area contributed by atoms with Gasteiger partial charge in [-0.3, -0.25) is 9.78 Å². The standard InChI is InChI=1S/C22H21FN2O/c1-14(12-16-6-2-4-8-19(16)23)24-22(26)18-13-21(15-10-11-15)25-20-9-5-3-7-17(18)20/h2-9,13-15H,10-12H2,1H3,(H,24,26)/t14-/m1/s1. The Hall–Kier alpha value is -2.75. The summed E-state index contributed by atoms with van der Waals surface area (Å²) in [5, 5.41) is 3.87. The van der Waals surface area contributed by atoms with Crippen LogP contribution >= 0.6 is 0 Å². The fraction of sp³-hybridized carbons (Fsp3) is 0.273. The second kappa shape index (κ2) is 6.87. The average Bonchev–Trinajstić information content (AvgIpc) is 3.48. The van der Waals surface area contributed by atoms with Gasteiger partial charge in [-0.2, -0.15) is 0 Å². The maximum Gasteiger partial charge on any atom is 0.252 e. The molecule has 2 aromatic carbocycles. The van der Waals surface area contributed by atoms with Crippen molar-refractivity contribution in [3.05, 3.63) is 77.2 Å². The van der Waals surface area contributed by atoms with Crippen molar-refractivity contribution in [2.24, 2.45) is 0 Å². The van der Waals surface area contributed by atoms with Gasteiger partial charge in [0.05, 0.1) is 11.1 Å². The van der Waals surface area contributed by atoms with Crippen LogP contribution in [0.3, 0.4) is 0 Å². The minimum Gasteiger partial charge on any atom is -0.349 e. The fourth-order valence-electron chi connectivity index (χ4n) is 3.32. The molecule has 4 rings (SSSR count). The highest BCUT2D eigenvalue weighted by atomic mass is 19.1. The molecule has 1 fully saturated rings. The van der Waals surface area contributed by atoms with E-state index >= 15 is 0 Å². The Morgan fingerprint density at radius 3 is 2.69 bits per heavy atom. The first-order chi connectivity index (χ1) is 12.6. The summed E-state index contributed by atoms with van der Waals surface area (Å²) in [5.74, 6) is 0.107. The predicted octanol–water partition coefficient (Wildman–Crippen LogP) is 4.61. The molecule has 1 aromatic heterocycles. The molecule has 1 atom stereocenters. The SMILES string of the molecule is C[C@H](Cc1ccccc1F)NC(=O)c1cc(C2CC2)nc2ccccc12. The topological polar surface area (TPSA) is 42.0 Å². The van der Waals surface area contributed by atoms with Gasteiger partial charge in [-0.1, -0.05) is 36.4 Å². The van der Waals surface area contributed by atoms with Crippen LogP contribution in [0.15, 0.2) is 54.6 Å². The maximum atomic E-state index is 13.8. The van der Waals surface area contributed by atoms with Gasteiger partial charge in [0.2, 0.25) is 0 Å². The summed E-state index contributed by atoms with van der Waals surface area (Å²) in [6, 6.07) is 16.2. The van der Waals surface area contributed by atoms with E-state index in [0.29, 0.717) is 23.5 Å². The summed E-state index contributed by atoms with van der Waals surface area (Å²) >= 11 is 0. The van der Waals surface area contributed by atoms with Crippen LogP contribution in [0.1, 0.15) is 47.3 Å². The van der Waals surface area contributed by atoms with Gasteiger partial charge in [0.15, 0.2) is 0 Å².